The Morgan fingerprint density at radius 3 is 2.48 bits per heavy atom. The molecule has 1 aromatic rings. The van der Waals surface area contributed by atoms with Crippen LogP contribution in [-0.4, -0.2) is 28.9 Å². The van der Waals surface area contributed by atoms with Crippen LogP contribution in [0.3, 0.4) is 0 Å². The van der Waals surface area contributed by atoms with Crippen molar-refractivity contribution in [1.82, 2.24) is 4.90 Å². The lowest BCUT2D eigenvalue weighted by atomic mass is 9.81. The van der Waals surface area contributed by atoms with E-state index in [1.165, 1.54) is 5.56 Å². The molecule has 2 aliphatic heterocycles. The summed E-state index contributed by atoms with van der Waals surface area (Å²) >= 11 is 0. The highest BCUT2D eigenvalue weighted by molar-refractivity contribution is 5.80. The number of amides is 1. The van der Waals surface area contributed by atoms with Gasteiger partial charge in [-0.15, -0.1) is 0 Å². The molecule has 2 N–H and O–H groups in total. The maximum atomic E-state index is 13.6. The maximum absolute atomic E-state index is 13.6. The molecule has 3 fully saturated rings. The number of hydrogen-bond donors (Lipinski definition) is 1. The Bertz CT molecular complexity index is 647. The van der Waals surface area contributed by atoms with E-state index >= 15 is 0 Å². The van der Waals surface area contributed by atoms with Gasteiger partial charge in [0.1, 0.15) is 5.82 Å². The number of rotatable bonds is 2. The van der Waals surface area contributed by atoms with Gasteiger partial charge in [0.2, 0.25) is 5.91 Å². The van der Waals surface area contributed by atoms with Gasteiger partial charge in [-0.1, -0.05) is 18.6 Å². The zero-order valence-corrected chi connectivity index (χ0v) is 15.1. The normalized spacial score (nSPS) is 35.0. The quantitative estimate of drug-likeness (QED) is 0.885. The van der Waals surface area contributed by atoms with Crippen LogP contribution in [0.2, 0.25) is 0 Å². The Hall–Kier alpha value is -1.42. The van der Waals surface area contributed by atoms with E-state index in [0.717, 1.165) is 56.9 Å². The highest BCUT2D eigenvalue weighted by atomic mass is 19.1. The molecule has 0 spiro atoms. The monoisotopic (exact) mass is 344 g/mol. The summed E-state index contributed by atoms with van der Waals surface area (Å²) in [5, 5.41) is 0. The lowest BCUT2D eigenvalue weighted by Gasteiger charge is -2.42. The minimum atomic E-state index is -0.132. The van der Waals surface area contributed by atoms with Gasteiger partial charge in [0.15, 0.2) is 0 Å². The van der Waals surface area contributed by atoms with Crippen LogP contribution >= 0.6 is 0 Å². The first-order valence-corrected chi connectivity index (χ1v) is 9.86. The van der Waals surface area contributed by atoms with Crippen LogP contribution < -0.4 is 5.73 Å². The lowest BCUT2D eigenvalue weighted by Crippen LogP contribution is -2.49. The number of hydrogen-bond acceptors (Lipinski definition) is 2. The van der Waals surface area contributed by atoms with Crippen LogP contribution in [0.4, 0.5) is 4.39 Å². The number of carbonyl (C=O) groups is 1. The van der Waals surface area contributed by atoms with Crippen LogP contribution in [0.15, 0.2) is 18.2 Å². The van der Waals surface area contributed by atoms with Crippen molar-refractivity contribution in [2.24, 2.45) is 11.7 Å². The van der Waals surface area contributed by atoms with Crippen molar-refractivity contribution in [3.8, 4) is 0 Å². The van der Waals surface area contributed by atoms with Crippen molar-refractivity contribution >= 4 is 5.91 Å². The smallest absolute Gasteiger partial charge is 0.226 e. The average molecular weight is 344 g/mol. The number of benzene rings is 1. The highest BCUT2D eigenvalue weighted by Gasteiger charge is 2.45. The summed E-state index contributed by atoms with van der Waals surface area (Å²) in [7, 11) is 0. The van der Waals surface area contributed by atoms with E-state index in [9.17, 15) is 9.18 Å². The zero-order chi connectivity index (χ0) is 17.6. The fraction of sp³-hybridized carbons (Fsp3) is 0.667. The summed E-state index contributed by atoms with van der Waals surface area (Å²) in [6, 6.07) is 6.44. The summed E-state index contributed by atoms with van der Waals surface area (Å²) in [5.41, 5.74) is 8.06. The predicted molar refractivity (Wildman–Crippen MR) is 96.7 cm³/mol. The van der Waals surface area contributed by atoms with Crippen LogP contribution in [0.1, 0.15) is 68.4 Å². The predicted octanol–water partition coefficient (Wildman–Crippen LogP) is 3.89. The molecule has 4 heteroatoms. The van der Waals surface area contributed by atoms with Crippen molar-refractivity contribution in [2.75, 3.05) is 0 Å². The standard InChI is InChI=1S/C21H29FN2O/c1-13-9-14(5-8-20(13)22)16-11-18-6-7-19(12-16)24(18)21(25)15-3-2-4-17(23)10-15/h5,8-9,15-19H,2-4,6-7,10-12,23H2,1H3/t15-,16?,17+,18-,19+/m1/s1. The van der Waals surface area contributed by atoms with E-state index in [0.29, 0.717) is 23.9 Å². The fourth-order valence-electron chi connectivity index (χ4n) is 5.39. The van der Waals surface area contributed by atoms with Crippen molar-refractivity contribution < 1.29 is 9.18 Å². The molecule has 3 nitrogen and oxygen atoms in total. The van der Waals surface area contributed by atoms with Crippen LogP contribution in [-0.2, 0) is 4.79 Å². The molecule has 1 amide bonds. The first kappa shape index (κ1) is 17.0. The molecule has 3 aliphatic rings. The average Bonchev–Trinajstić information content (AvgIpc) is 2.86. The Kier molecular flexibility index (Phi) is 4.57. The van der Waals surface area contributed by atoms with Crippen molar-refractivity contribution in [3.05, 3.63) is 35.1 Å². The van der Waals surface area contributed by atoms with E-state index in [4.69, 9.17) is 5.73 Å². The first-order chi connectivity index (χ1) is 12.0. The summed E-state index contributed by atoms with van der Waals surface area (Å²) in [6.45, 7) is 1.83. The third-order valence-corrected chi connectivity index (χ3v) is 6.70. The molecule has 2 heterocycles. The number of halogens is 1. The van der Waals surface area contributed by atoms with Crippen molar-refractivity contribution in [3.63, 3.8) is 0 Å². The molecule has 1 aliphatic carbocycles. The minimum Gasteiger partial charge on any atom is -0.336 e. The van der Waals surface area contributed by atoms with Crippen LogP contribution in [0, 0.1) is 18.7 Å². The van der Waals surface area contributed by atoms with Gasteiger partial charge in [-0.2, -0.15) is 0 Å². The molecule has 1 saturated carbocycles. The molecule has 25 heavy (non-hydrogen) atoms. The van der Waals surface area contributed by atoms with E-state index in [1.54, 1.807) is 6.07 Å². The molecule has 1 unspecified atom stereocenters. The van der Waals surface area contributed by atoms with Crippen LogP contribution in [0.25, 0.3) is 0 Å². The number of nitrogens with two attached hydrogens (primary N) is 1. The number of carbonyl (C=O) groups excluding carboxylic acids is 1. The van der Waals surface area contributed by atoms with E-state index in [1.807, 2.05) is 19.1 Å². The zero-order valence-electron chi connectivity index (χ0n) is 15.1. The fourth-order valence-corrected chi connectivity index (χ4v) is 5.39. The van der Waals surface area contributed by atoms with Gasteiger partial charge in [0, 0.05) is 24.0 Å². The van der Waals surface area contributed by atoms with Gasteiger partial charge in [0.05, 0.1) is 0 Å². The highest BCUT2D eigenvalue weighted by Crippen LogP contribution is 2.44. The summed E-state index contributed by atoms with van der Waals surface area (Å²) in [4.78, 5) is 15.3. The van der Waals surface area contributed by atoms with Gasteiger partial charge >= 0.3 is 0 Å². The topological polar surface area (TPSA) is 46.3 Å². The minimum absolute atomic E-state index is 0.132. The number of piperidine rings is 1. The van der Waals surface area contributed by atoms with E-state index < -0.39 is 0 Å². The molecule has 4 rings (SSSR count). The number of fused-ring (bicyclic) bond motifs is 2. The molecular weight excluding hydrogens is 315 g/mol. The maximum Gasteiger partial charge on any atom is 0.226 e. The Morgan fingerprint density at radius 2 is 1.84 bits per heavy atom. The number of nitrogens with zero attached hydrogens (tertiary/aromatic N) is 1. The second kappa shape index (κ2) is 6.71. The third-order valence-electron chi connectivity index (χ3n) is 6.70. The molecule has 1 aromatic carbocycles. The lowest BCUT2D eigenvalue weighted by molar-refractivity contribution is -0.141. The molecule has 0 aromatic heterocycles. The van der Waals surface area contributed by atoms with Gasteiger partial charge in [-0.3, -0.25) is 4.79 Å². The van der Waals surface area contributed by atoms with Crippen LogP contribution in [0.5, 0.6) is 0 Å². The second-order valence-corrected chi connectivity index (χ2v) is 8.43. The summed E-state index contributed by atoms with van der Waals surface area (Å²) < 4.78 is 13.6. The van der Waals surface area contributed by atoms with Gasteiger partial charge < -0.3 is 10.6 Å². The third kappa shape index (κ3) is 3.21. The molecule has 2 saturated heterocycles. The van der Waals surface area contributed by atoms with Gasteiger partial charge in [0.25, 0.3) is 0 Å². The summed E-state index contributed by atoms with van der Waals surface area (Å²) in [6.07, 6.45) is 8.27. The van der Waals surface area contributed by atoms with Gasteiger partial charge in [-0.05, 0) is 75.0 Å². The molecular formula is C21H29FN2O. The number of aryl methyl sites for hydroxylation is 1. The largest absolute Gasteiger partial charge is 0.336 e. The van der Waals surface area contributed by atoms with Crippen molar-refractivity contribution in [2.45, 2.75) is 82.3 Å². The van der Waals surface area contributed by atoms with Gasteiger partial charge in [-0.25, -0.2) is 4.39 Å². The SMILES string of the molecule is Cc1cc(C2C[C@H]3CC[C@@H](C2)N3C(=O)[C@@H]2CCC[C@H](N)C2)ccc1F. The molecule has 5 atom stereocenters. The van der Waals surface area contributed by atoms with Crippen molar-refractivity contribution in [1.29, 1.82) is 0 Å². The molecule has 136 valence electrons. The summed E-state index contributed by atoms with van der Waals surface area (Å²) in [5.74, 6) is 0.815. The van der Waals surface area contributed by atoms with E-state index in [-0.39, 0.29) is 17.8 Å². The van der Waals surface area contributed by atoms with E-state index in [2.05, 4.69) is 4.90 Å². The Labute approximate surface area is 149 Å². The molecule has 2 bridgehead atoms. The second-order valence-electron chi connectivity index (χ2n) is 8.43. The Balaban J connectivity index is 1.48. The molecule has 0 radical (unpaired) electrons. The Morgan fingerprint density at radius 1 is 1.12 bits per heavy atom. The first-order valence-electron chi connectivity index (χ1n) is 9.86.